The number of hydroxylamine groups is 1. The molecular weight excluding hydrogens is 198 g/mol. The zero-order chi connectivity index (χ0) is 10.0. The van der Waals surface area contributed by atoms with Crippen LogP contribution >= 0.6 is 11.6 Å². The fourth-order valence-electron chi connectivity index (χ4n) is 0.662. The van der Waals surface area contributed by atoms with Gasteiger partial charge in [0, 0.05) is 0 Å². The third kappa shape index (κ3) is 1.76. The number of carbonyl (C=O) groups excluding carboxylic acids is 1. The van der Waals surface area contributed by atoms with Crippen molar-refractivity contribution in [2.45, 2.75) is 0 Å². The molecule has 0 aliphatic carbocycles. The van der Waals surface area contributed by atoms with Crippen LogP contribution in [0.3, 0.4) is 0 Å². The normalized spacial score (nSPS) is 9.69. The average molecular weight is 204 g/mol. The van der Waals surface area contributed by atoms with Gasteiger partial charge in [-0.25, -0.2) is 15.4 Å². The van der Waals surface area contributed by atoms with Crippen molar-refractivity contribution in [2.75, 3.05) is 11.5 Å². The van der Waals surface area contributed by atoms with Gasteiger partial charge in [0.25, 0.3) is 5.91 Å². The van der Waals surface area contributed by atoms with Crippen LogP contribution in [-0.4, -0.2) is 21.1 Å². The van der Waals surface area contributed by atoms with Crippen molar-refractivity contribution in [3.63, 3.8) is 0 Å². The van der Waals surface area contributed by atoms with Gasteiger partial charge in [-0.2, -0.15) is 0 Å². The average Bonchev–Trinajstić information content (AvgIpc) is 2.10. The van der Waals surface area contributed by atoms with Crippen LogP contribution in [0.2, 0.25) is 5.15 Å². The number of halogens is 1. The molecule has 1 heterocycles. The minimum atomic E-state index is -0.896. The number of hydrogen-bond acceptors (Lipinski definition) is 6. The summed E-state index contributed by atoms with van der Waals surface area (Å²) in [7, 11) is 0. The predicted octanol–water partition coefficient (Wildman–Crippen LogP) is -0.587. The van der Waals surface area contributed by atoms with Gasteiger partial charge in [0.2, 0.25) is 0 Å². The van der Waals surface area contributed by atoms with Crippen LogP contribution in [0.5, 0.6) is 0 Å². The second kappa shape index (κ2) is 3.42. The topological polar surface area (TPSA) is 127 Å². The standard InChI is InChI=1S/C5H6ClN5O2/c6-2-4(8)10-3(7)1(9-2)5(12)11-13/h13H,(H,11,12)(H4,7,8,10). The summed E-state index contributed by atoms with van der Waals surface area (Å²) in [6.45, 7) is 0. The number of amides is 1. The van der Waals surface area contributed by atoms with E-state index in [9.17, 15) is 4.79 Å². The van der Waals surface area contributed by atoms with Crippen LogP contribution in [-0.2, 0) is 0 Å². The second-order valence-electron chi connectivity index (χ2n) is 2.07. The van der Waals surface area contributed by atoms with E-state index >= 15 is 0 Å². The first-order chi connectivity index (χ1) is 6.06. The van der Waals surface area contributed by atoms with Gasteiger partial charge in [-0.1, -0.05) is 11.6 Å². The molecule has 1 rings (SSSR count). The van der Waals surface area contributed by atoms with E-state index in [1.807, 2.05) is 0 Å². The van der Waals surface area contributed by atoms with Gasteiger partial charge < -0.3 is 11.5 Å². The van der Waals surface area contributed by atoms with Gasteiger partial charge in [-0.15, -0.1) is 0 Å². The van der Waals surface area contributed by atoms with Gasteiger partial charge in [-0.05, 0) is 0 Å². The molecule has 0 aromatic carbocycles. The largest absolute Gasteiger partial charge is 0.382 e. The number of nitrogens with zero attached hydrogens (tertiary/aromatic N) is 2. The van der Waals surface area contributed by atoms with E-state index in [-0.39, 0.29) is 22.5 Å². The molecule has 0 spiro atoms. The minimum Gasteiger partial charge on any atom is -0.382 e. The van der Waals surface area contributed by atoms with E-state index < -0.39 is 5.91 Å². The lowest BCUT2D eigenvalue weighted by Crippen LogP contribution is -2.22. The summed E-state index contributed by atoms with van der Waals surface area (Å²) in [5, 5.41) is 8.13. The van der Waals surface area contributed by atoms with E-state index in [4.69, 9.17) is 28.3 Å². The van der Waals surface area contributed by atoms with E-state index in [0.29, 0.717) is 0 Å². The molecule has 6 N–H and O–H groups in total. The molecule has 70 valence electrons. The number of aromatic nitrogens is 2. The third-order valence-electron chi connectivity index (χ3n) is 1.22. The zero-order valence-electron chi connectivity index (χ0n) is 6.28. The molecule has 13 heavy (non-hydrogen) atoms. The van der Waals surface area contributed by atoms with Crippen LogP contribution in [0.15, 0.2) is 0 Å². The zero-order valence-corrected chi connectivity index (χ0v) is 7.04. The molecule has 0 fully saturated rings. The number of rotatable bonds is 1. The number of nitrogen functional groups attached to an aromatic ring is 2. The fraction of sp³-hybridized carbons (Fsp3) is 0. The fourth-order valence-corrected chi connectivity index (χ4v) is 0.788. The lowest BCUT2D eigenvalue weighted by atomic mass is 10.4. The van der Waals surface area contributed by atoms with Crippen molar-refractivity contribution in [2.24, 2.45) is 0 Å². The number of hydrogen-bond donors (Lipinski definition) is 4. The number of nitrogens with two attached hydrogens (primary N) is 2. The smallest absolute Gasteiger partial charge is 0.297 e. The highest BCUT2D eigenvalue weighted by Crippen LogP contribution is 2.16. The maximum atomic E-state index is 10.9. The summed E-state index contributed by atoms with van der Waals surface area (Å²) < 4.78 is 0. The minimum absolute atomic E-state index is 0.0753. The van der Waals surface area contributed by atoms with E-state index in [2.05, 4.69) is 9.97 Å². The van der Waals surface area contributed by atoms with E-state index in [0.717, 1.165) is 0 Å². The van der Waals surface area contributed by atoms with Crippen LogP contribution in [0.25, 0.3) is 0 Å². The summed E-state index contributed by atoms with van der Waals surface area (Å²) in [5.41, 5.74) is 11.6. The van der Waals surface area contributed by atoms with Crippen molar-refractivity contribution in [3.05, 3.63) is 10.8 Å². The van der Waals surface area contributed by atoms with Crippen LogP contribution in [0.4, 0.5) is 11.6 Å². The van der Waals surface area contributed by atoms with Gasteiger partial charge in [0.15, 0.2) is 22.5 Å². The first-order valence-corrected chi connectivity index (χ1v) is 3.47. The monoisotopic (exact) mass is 203 g/mol. The summed E-state index contributed by atoms with van der Waals surface area (Å²) in [6.07, 6.45) is 0. The quantitative estimate of drug-likeness (QED) is 0.357. The van der Waals surface area contributed by atoms with Crippen molar-refractivity contribution in [1.82, 2.24) is 15.4 Å². The lowest BCUT2D eigenvalue weighted by Gasteiger charge is -2.03. The first-order valence-electron chi connectivity index (χ1n) is 3.09. The molecule has 0 aliphatic heterocycles. The maximum absolute atomic E-state index is 10.9. The second-order valence-corrected chi connectivity index (χ2v) is 2.43. The van der Waals surface area contributed by atoms with Gasteiger partial charge in [-0.3, -0.25) is 10.0 Å². The molecule has 0 atom stereocenters. The Labute approximate surface area is 77.7 Å². The summed E-state index contributed by atoms with van der Waals surface area (Å²) in [4.78, 5) is 17.9. The molecule has 0 bridgehead atoms. The Balaban J connectivity index is 3.23. The Morgan fingerprint density at radius 1 is 1.38 bits per heavy atom. The third-order valence-corrected chi connectivity index (χ3v) is 1.50. The number of carbonyl (C=O) groups is 1. The molecule has 0 radical (unpaired) electrons. The Morgan fingerprint density at radius 3 is 2.54 bits per heavy atom. The van der Waals surface area contributed by atoms with Crippen molar-refractivity contribution >= 4 is 29.1 Å². The van der Waals surface area contributed by atoms with Crippen molar-refractivity contribution < 1.29 is 10.0 Å². The number of anilines is 2. The maximum Gasteiger partial charge on any atom is 0.297 e. The first kappa shape index (κ1) is 9.49. The molecule has 0 unspecified atom stereocenters. The highest BCUT2D eigenvalue weighted by atomic mass is 35.5. The van der Waals surface area contributed by atoms with Gasteiger partial charge in [0.05, 0.1) is 0 Å². The molecular formula is C5H6ClN5O2. The molecule has 0 saturated heterocycles. The molecule has 0 saturated carbocycles. The summed E-state index contributed by atoms with van der Waals surface area (Å²) in [6, 6.07) is 0. The SMILES string of the molecule is Nc1nc(N)c(C(=O)NO)nc1Cl. The van der Waals surface area contributed by atoms with Crippen molar-refractivity contribution in [3.8, 4) is 0 Å². The summed E-state index contributed by atoms with van der Waals surface area (Å²) >= 11 is 5.47. The molecule has 1 aromatic heterocycles. The van der Waals surface area contributed by atoms with Gasteiger partial charge >= 0.3 is 0 Å². The Bertz CT molecular complexity index is 355. The lowest BCUT2D eigenvalue weighted by molar-refractivity contribution is 0.0701. The highest BCUT2D eigenvalue weighted by Gasteiger charge is 2.14. The molecule has 1 amide bonds. The molecule has 1 aromatic rings. The van der Waals surface area contributed by atoms with Crippen LogP contribution in [0.1, 0.15) is 10.5 Å². The van der Waals surface area contributed by atoms with Gasteiger partial charge in [0.1, 0.15) is 0 Å². The van der Waals surface area contributed by atoms with Crippen molar-refractivity contribution in [1.29, 1.82) is 0 Å². The number of nitrogens with one attached hydrogen (secondary N) is 1. The van der Waals surface area contributed by atoms with E-state index in [1.54, 1.807) is 0 Å². The molecule has 7 nitrogen and oxygen atoms in total. The van der Waals surface area contributed by atoms with E-state index in [1.165, 1.54) is 5.48 Å². The Morgan fingerprint density at radius 2 is 2.00 bits per heavy atom. The molecule has 0 aliphatic rings. The molecule has 8 heteroatoms. The van der Waals surface area contributed by atoms with Crippen LogP contribution < -0.4 is 16.9 Å². The predicted molar refractivity (Wildman–Crippen MR) is 45.1 cm³/mol. The Hall–Kier alpha value is -1.60. The summed E-state index contributed by atoms with van der Waals surface area (Å²) in [5.74, 6) is -1.17. The highest BCUT2D eigenvalue weighted by molar-refractivity contribution is 6.31. The Kier molecular flexibility index (Phi) is 2.49. The van der Waals surface area contributed by atoms with Crippen LogP contribution in [0, 0.1) is 0 Å².